The average Bonchev–Trinajstić information content (AvgIpc) is 2.92. The molecule has 1 N–H and O–H groups in total. The Morgan fingerprint density at radius 3 is 2.86 bits per heavy atom. The maximum Gasteiger partial charge on any atom is 0.407 e. The van der Waals surface area contributed by atoms with Crippen molar-refractivity contribution in [2.24, 2.45) is 0 Å². The lowest BCUT2D eigenvalue weighted by molar-refractivity contribution is 0.177. The number of halogens is 1. The van der Waals surface area contributed by atoms with Gasteiger partial charge in [-0.1, -0.05) is 35.6 Å². The van der Waals surface area contributed by atoms with E-state index in [-0.39, 0.29) is 12.1 Å². The van der Waals surface area contributed by atoms with Gasteiger partial charge in [0.15, 0.2) is 0 Å². The van der Waals surface area contributed by atoms with Crippen LogP contribution in [0.15, 0.2) is 42.7 Å². The first-order chi connectivity index (χ1) is 10.2. The number of amides is 1. The molecule has 1 aliphatic heterocycles. The molecule has 1 atom stereocenters. The van der Waals surface area contributed by atoms with Gasteiger partial charge < -0.3 is 10.1 Å². The highest BCUT2D eigenvalue weighted by molar-refractivity contribution is 6.30. The molecule has 104 valence electrons. The number of alkyl carbamates (subject to hydrolysis) is 1. The van der Waals surface area contributed by atoms with E-state index in [0.29, 0.717) is 11.6 Å². The molecule has 0 radical (unpaired) electrons. The molecule has 1 aromatic heterocycles. The Bertz CT molecular complexity index is 749. The Hall–Kier alpha value is -2.51. The summed E-state index contributed by atoms with van der Waals surface area (Å²) in [5, 5.41) is 3.30. The Labute approximate surface area is 127 Å². The molecule has 2 heterocycles. The molecule has 4 nitrogen and oxygen atoms in total. The third kappa shape index (κ3) is 3.33. The minimum atomic E-state index is -0.388. The van der Waals surface area contributed by atoms with Crippen LogP contribution in [-0.2, 0) is 4.74 Å². The van der Waals surface area contributed by atoms with E-state index < -0.39 is 0 Å². The number of hydrogen-bond donors (Lipinski definition) is 1. The van der Waals surface area contributed by atoms with Gasteiger partial charge in [-0.3, -0.25) is 4.98 Å². The van der Waals surface area contributed by atoms with E-state index in [1.54, 1.807) is 18.5 Å². The third-order valence-corrected chi connectivity index (χ3v) is 3.22. The summed E-state index contributed by atoms with van der Waals surface area (Å²) in [5.74, 6) is 6.07. The number of carbonyl (C=O) groups is 1. The van der Waals surface area contributed by atoms with Crippen LogP contribution < -0.4 is 5.32 Å². The van der Waals surface area contributed by atoms with Crippen molar-refractivity contribution in [1.29, 1.82) is 0 Å². The molecule has 0 aliphatic carbocycles. The van der Waals surface area contributed by atoms with Crippen molar-refractivity contribution in [3.63, 3.8) is 0 Å². The van der Waals surface area contributed by atoms with Gasteiger partial charge in [0.2, 0.25) is 0 Å². The zero-order valence-corrected chi connectivity index (χ0v) is 11.7. The summed E-state index contributed by atoms with van der Waals surface area (Å²) in [5.41, 5.74) is 2.58. The molecule has 2 aromatic rings. The molecule has 1 aromatic carbocycles. The number of nitrogens with zero attached hydrogens (tertiary/aromatic N) is 1. The van der Waals surface area contributed by atoms with Gasteiger partial charge in [0, 0.05) is 23.5 Å². The largest absolute Gasteiger partial charge is 0.447 e. The number of aromatic nitrogens is 1. The van der Waals surface area contributed by atoms with Crippen LogP contribution in [0.3, 0.4) is 0 Å². The van der Waals surface area contributed by atoms with Gasteiger partial charge in [-0.2, -0.15) is 0 Å². The molecule has 0 bridgehead atoms. The van der Waals surface area contributed by atoms with Crippen LogP contribution in [0.2, 0.25) is 5.02 Å². The molecule has 0 unspecified atom stereocenters. The van der Waals surface area contributed by atoms with Crippen LogP contribution in [0.25, 0.3) is 0 Å². The quantitative estimate of drug-likeness (QED) is 0.824. The lowest BCUT2D eigenvalue weighted by Crippen LogP contribution is -2.18. The summed E-state index contributed by atoms with van der Waals surface area (Å²) >= 11 is 5.87. The minimum Gasteiger partial charge on any atom is -0.447 e. The second kappa shape index (κ2) is 5.86. The molecule has 1 aliphatic rings. The van der Waals surface area contributed by atoms with Gasteiger partial charge in [0.25, 0.3) is 0 Å². The predicted molar refractivity (Wildman–Crippen MR) is 78.9 cm³/mol. The van der Waals surface area contributed by atoms with Crippen molar-refractivity contribution >= 4 is 17.7 Å². The van der Waals surface area contributed by atoms with Gasteiger partial charge >= 0.3 is 6.09 Å². The number of benzene rings is 1. The summed E-state index contributed by atoms with van der Waals surface area (Å²) < 4.78 is 4.89. The number of ether oxygens (including phenoxy) is 1. The third-order valence-electron chi connectivity index (χ3n) is 3.02. The first kappa shape index (κ1) is 13.5. The van der Waals surface area contributed by atoms with Crippen molar-refractivity contribution in [2.45, 2.75) is 6.04 Å². The van der Waals surface area contributed by atoms with E-state index in [9.17, 15) is 4.79 Å². The lowest BCUT2D eigenvalue weighted by atomic mass is 10.0. The maximum atomic E-state index is 11.1. The van der Waals surface area contributed by atoms with Crippen LogP contribution in [0, 0.1) is 11.8 Å². The molecule has 1 amide bonds. The molecule has 3 rings (SSSR count). The van der Waals surface area contributed by atoms with E-state index in [0.717, 1.165) is 16.7 Å². The molecule has 5 heteroatoms. The number of carbonyl (C=O) groups excluding carboxylic acids is 1. The van der Waals surface area contributed by atoms with Gasteiger partial charge in [-0.25, -0.2) is 4.79 Å². The van der Waals surface area contributed by atoms with E-state index in [2.05, 4.69) is 22.1 Å². The normalized spacial score (nSPS) is 16.6. The summed E-state index contributed by atoms with van der Waals surface area (Å²) in [4.78, 5) is 15.1. The van der Waals surface area contributed by atoms with Crippen molar-refractivity contribution in [3.05, 3.63) is 64.4 Å². The summed E-state index contributed by atoms with van der Waals surface area (Å²) in [6, 6.07) is 9.32. The van der Waals surface area contributed by atoms with E-state index >= 15 is 0 Å². The smallest absolute Gasteiger partial charge is 0.407 e. The van der Waals surface area contributed by atoms with Gasteiger partial charge in [-0.05, 0) is 23.8 Å². The van der Waals surface area contributed by atoms with E-state index in [1.807, 2.05) is 24.3 Å². The monoisotopic (exact) mass is 298 g/mol. The summed E-state index contributed by atoms with van der Waals surface area (Å²) in [6.07, 6.45) is 2.84. The fraction of sp³-hybridized carbons (Fsp3) is 0.125. The number of nitrogens with one attached hydrogen (secondary N) is 1. The SMILES string of the molecule is O=C1N[C@H](c2cccc(C#Cc3cncc(Cl)c3)c2)CO1. The van der Waals surface area contributed by atoms with Crippen LogP contribution >= 0.6 is 11.6 Å². The van der Waals surface area contributed by atoms with Crippen molar-refractivity contribution in [1.82, 2.24) is 10.3 Å². The molecule has 0 saturated carbocycles. The summed E-state index contributed by atoms with van der Waals surface area (Å²) in [7, 11) is 0. The maximum absolute atomic E-state index is 11.1. The molecule has 1 fully saturated rings. The Kier molecular flexibility index (Phi) is 3.76. The fourth-order valence-electron chi connectivity index (χ4n) is 2.02. The number of pyridine rings is 1. The van der Waals surface area contributed by atoms with E-state index in [4.69, 9.17) is 16.3 Å². The second-order valence-electron chi connectivity index (χ2n) is 4.56. The Morgan fingerprint density at radius 2 is 2.10 bits per heavy atom. The second-order valence-corrected chi connectivity index (χ2v) is 5.00. The van der Waals surface area contributed by atoms with Gasteiger partial charge in [-0.15, -0.1) is 0 Å². The Balaban J connectivity index is 1.82. The highest BCUT2D eigenvalue weighted by Gasteiger charge is 2.23. The van der Waals surface area contributed by atoms with Gasteiger partial charge in [0.1, 0.15) is 6.61 Å². The highest BCUT2D eigenvalue weighted by Crippen LogP contribution is 2.19. The van der Waals surface area contributed by atoms with Crippen LogP contribution in [0.4, 0.5) is 4.79 Å². The average molecular weight is 299 g/mol. The van der Waals surface area contributed by atoms with Crippen LogP contribution in [-0.4, -0.2) is 17.7 Å². The Morgan fingerprint density at radius 1 is 1.24 bits per heavy atom. The first-order valence-corrected chi connectivity index (χ1v) is 6.74. The topological polar surface area (TPSA) is 51.2 Å². The number of hydrogen-bond acceptors (Lipinski definition) is 3. The first-order valence-electron chi connectivity index (χ1n) is 6.36. The molecule has 0 spiro atoms. The van der Waals surface area contributed by atoms with Crippen LogP contribution in [0.5, 0.6) is 0 Å². The van der Waals surface area contributed by atoms with E-state index in [1.165, 1.54) is 0 Å². The fourth-order valence-corrected chi connectivity index (χ4v) is 2.20. The lowest BCUT2D eigenvalue weighted by Gasteiger charge is -2.07. The zero-order valence-electron chi connectivity index (χ0n) is 11.0. The highest BCUT2D eigenvalue weighted by atomic mass is 35.5. The van der Waals surface area contributed by atoms with Gasteiger partial charge in [0.05, 0.1) is 11.1 Å². The molecule has 1 saturated heterocycles. The van der Waals surface area contributed by atoms with Crippen molar-refractivity contribution < 1.29 is 9.53 Å². The summed E-state index contributed by atoms with van der Waals surface area (Å²) in [6.45, 7) is 0.341. The number of rotatable bonds is 1. The number of cyclic esters (lactones) is 1. The molecule has 21 heavy (non-hydrogen) atoms. The van der Waals surface area contributed by atoms with Crippen LogP contribution in [0.1, 0.15) is 22.7 Å². The van der Waals surface area contributed by atoms with Crippen molar-refractivity contribution in [3.8, 4) is 11.8 Å². The molecular formula is C16H11ClN2O2. The standard InChI is InChI=1S/C16H11ClN2O2/c17-14-7-12(8-18-9-14)5-4-11-2-1-3-13(6-11)15-10-21-16(20)19-15/h1-3,6-9,15H,10H2,(H,19,20)/t15-/m0/s1. The molecular weight excluding hydrogens is 288 g/mol. The predicted octanol–water partition coefficient (Wildman–Crippen LogP) is 2.92. The van der Waals surface area contributed by atoms with Crippen molar-refractivity contribution in [2.75, 3.05) is 6.61 Å². The zero-order chi connectivity index (χ0) is 14.7. The minimum absolute atomic E-state index is 0.118.